The van der Waals surface area contributed by atoms with Crippen molar-refractivity contribution in [2.45, 2.75) is 0 Å². The summed E-state index contributed by atoms with van der Waals surface area (Å²) in [6, 6.07) is 19.4. The van der Waals surface area contributed by atoms with Gasteiger partial charge in [-0.1, -0.05) is 60.7 Å². The van der Waals surface area contributed by atoms with Crippen molar-refractivity contribution in [3.63, 3.8) is 0 Å². The van der Waals surface area contributed by atoms with Crippen molar-refractivity contribution < 1.29 is 4.79 Å². The van der Waals surface area contributed by atoms with E-state index in [1.165, 1.54) is 0 Å². The lowest BCUT2D eigenvalue weighted by molar-refractivity contribution is 0.104. The number of hydrogen-bond donors (Lipinski definition) is 0. The summed E-state index contributed by atoms with van der Waals surface area (Å²) in [7, 11) is 0. The summed E-state index contributed by atoms with van der Waals surface area (Å²) in [5.41, 5.74) is 1.50. The van der Waals surface area contributed by atoms with Crippen LogP contribution in [0.25, 0.3) is 16.8 Å². The zero-order valence-electron chi connectivity index (χ0n) is 10.9. The summed E-state index contributed by atoms with van der Waals surface area (Å²) in [6.45, 7) is 0. The average molecular weight is 259 g/mol. The van der Waals surface area contributed by atoms with Gasteiger partial charge in [0.2, 0.25) is 5.78 Å². The molecule has 0 saturated carbocycles. The molecule has 0 fully saturated rings. The topological polar surface area (TPSA) is 30.0 Å². The lowest BCUT2D eigenvalue weighted by atomic mass is 10.1. The average Bonchev–Trinajstić information content (AvgIpc) is 2.53. The molecule has 0 aliphatic heterocycles. The van der Waals surface area contributed by atoms with Crippen molar-refractivity contribution >= 4 is 22.6 Å². The molecular formula is C18H13NO. The van der Waals surface area contributed by atoms with Crippen LogP contribution in [0.5, 0.6) is 0 Å². The van der Waals surface area contributed by atoms with Crippen molar-refractivity contribution in [3.8, 4) is 0 Å². The molecule has 1 aromatic heterocycles. The molecule has 0 aliphatic rings. The molecule has 0 radical (unpaired) electrons. The Balaban J connectivity index is 1.95. The second kappa shape index (κ2) is 5.49. The molecule has 2 heteroatoms. The summed E-state index contributed by atoms with van der Waals surface area (Å²) in [6.07, 6.45) is 5.06. The fourth-order valence-corrected chi connectivity index (χ4v) is 2.13. The lowest BCUT2D eigenvalue weighted by Gasteiger charge is -2.01. The highest BCUT2D eigenvalue weighted by Crippen LogP contribution is 2.17. The van der Waals surface area contributed by atoms with Crippen LogP contribution in [0.15, 0.2) is 72.9 Å². The molecule has 0 bridgehead atoms. The number of carbonyl (C=O) groups is 1. The number of allylic oxidation sites excluding steroid dienone is 1. The molecule has 2 nitrogen and oxygen atoms in total. The van der Waals surface area contributed by atoms with Crippen LogP contribution < -0.4 is 0 Å². The molecule has 20 heavy (non-hydrogen) atoms. The van der Waals surface area contributed by atoms with E-state index < -0.39 is 0 Å². The van der Waals surface area contributed by atoms with Crippen molar-refractivity contribution in [1.29, 1.82) is 0 Å². The summed E-state index contributed by atoms with van der Waals surface area (Å²) in [5, 5.41) is 1.91. The number of benzene rings is 2. The van der Waals surface area contributed by atoms with E-state index in [2.05, 4.69) is 4.98 Å². The molecule has 2 aromatic carbocycles. The number of aromatic nitrogens is 1. The number of rotatable bonds is 3. The van der Waals surface area contributed by atoms with Crippen LogP contribution in [0.1, 0.15) is 16.1 Å². The Hall–Kier alpha value is -2.74. The monoisotopic (exact) mass is 259 g/mol. The van der Waals surface area contributed by atoms with Gasteiger partial charge in [-0.25, -0.2) is 0 Å². The van der Waals surface area contributed by atoms with Gasteiger partial charge in [0.15, 0.2) is 0 Å². The molecule has 0 saturated heterocycles. The highest BCUT2D eigenvalue weighted by Gasteiger charge is 2.07. The van der Waals surface area contributed by atoms with Gasteiger partial charge in [0.25, 0.3) is 0 Å². The second-order valence-corrected chi connectivity index (χ2v) is 4.49. The summed E-state index contributed by atoms with van der Waals surface area (Å²) in [4.78, 5) is 16.5. The third kappa shape index (κ3) is 2.50. The van der Waals surface area contributed by atoms with E-state index in [-0.39, 0.29) is 5.78 Å². The Morgan fingerprint density at radius 3 is 2.50 bits per heavy atom. The molecule has 3 rings (SSSR count). The predicted molar refractivity (Wildman–Crippen MR) is 81.5 cm³/mol. The number of nitrogens with zero attached hydrogens (tertiary/aromatic N) is 1. The van der Waals surface area contributed by atoms with Crippen molar-refractivity contribution in [2.24, 2.45) is 0 Å². The first-order valence-corrected chi connectivity index (χ1v) is 6.46. The van der Waals surface area contributed by atoms with Gasteiger partial charge < -0.3 is 0 Å². The molecule has 0 spiro atoms. The van der Waals surface area contributed by atoms with Crippen LogP contribution in [0.4, 0.5) is 0 Å². The molecular weight excluding hydrogens is 246 g/mol. The molecule has 0 unspecified atom stereocenters. The van der Waals surface area contributed by atoms with Gasteiger partial charge in [-0.15, -0.1) is 0 Å². The first-order valence-electron chi connectivity index (χ1n) is 6.46. The molecule has 96 valence electrons. The predicted octanol–water partition coefficient (Wildman–Crippen LogP) is 4.13. The molecule has 0 N–H and O–H groups in total. The number of ketones is 1. The highest BCUT2D eigenvalue weighted by atomic mass is 16.1. The quantitative estimate of drug-likeness (QED) is 0.523. The number of pyridine rings is 1. The minimum Gasteiger partial charge on any atom is -0.288 e. The van der Waals surface area contributed by atoms with Gasteiger partial charge >= 0.3 is 0 Å². The molecule has 3 aromatic rings. The standard InChI is InChI=1S/C18H13NO/c20-17(11-10-14-6-2-1-3-7-14)18-16-9-5-4-8-15(16)12-13-19-18/h1-13H. The summed E-state index contributed by atoms with van der Waals surface area (Å²) >= 11 is 0. The largest absolute Gasteiger partial charge is 0.288 e. The van der Waals surface area contributed by atoms with Crippen molar-refractivity contribution in [3.05, 3.63) is 84.2 Å². The van der Waals surface area contributed by atoms with Gasteiger partial charge in [-0.2, -0.15) is 0 Å². The number of fused-ring (bicyclic) bond motifs is 1. The normalized spacial score (nSPS) is 11.0. The lowest BCUT2D eigenvalue weighted by Crippen LogP contribution is -1.99. The van der Waals surface area contributed by atoms with Gasteiger partial charge in [-0.3, -0.25) is 9.78 Å². The van der Waals surface area contributed by atoms with Crippen LogP contribution >= 0.6 is 0 Å². The Labute approximate surface area is 117 Å². The molecule has 0 amide bonds. The zero-order chi connectivity index (χ0) is 13.8. The Kier molecular flexibility index (Phi) is 3.38. The first kappa shape index (κ1) is 12.3. The van der Waals surface area contributed by atoms with Gasteiger partial charge in [-0.05, 0) is 23.1 Å². The van der Waals surface area contributed by atoms with E-state index in [0.717, 1.165) is 16.3 Å². The molecule has 0 atom stereocenters. The summed E-state index contributed by atoms with van der Waals surface area (Å²) in [5.74, 6) is -0.0781. The third-order valence-corrected chi connectivity index (χ3v) is 3.13. The maximum Gasteiger partial charge on any atom is 0.204 e. The Morgan fingerprint density at radius 1 is 0.900 bits per heavy atom. The van der Waals surface area contributed by atoms with E-state index in [9.17, 15) is 4.79 Å². The van der Waals surface area contributed by atoms with Crippen molar-refractivity contribution in [2.75, 3.05) is 0 Å². The van der Waals surface area contributed by atoms with Crippen LogP contribution in [-0.4, -0.2) is 10.8 Å². The fourth-order valence-electron chi connectivity index (χ4n) is 2.13. The maximum atomic E-state index is 12.3. The number of carbonyl (C=O) groups excluding carboxylic acids is 1. The number of hydrogen-bond acceptors (Lipinski definition) is 2. The minimum atomic E-state index is -0.0781. The third-order valence-electron chi connectivity index (χ3n) is 3.13. The molecule has 0 aliphatic carbocycles. The van der Waals surface area contributed by atoms with E-state index in [1.807, 2.05) is 66.7 Å². The first-order chi connectivity index (χ1) is 9.84. The van der Waals surface area contributed by atoms with Crippen molar-refractivity contribution in [1.82, 2.24) is 4.98 Å². The van der Waals surface area contributed by atoms with Crippen LogP contribution in [0.2, 0.25) is 0 Å². The van der Waals surface area contributed by atoms with E-state index in [0.29, 0.717) is 5.69 Å². The smallest absolute Gasteiger partial charge is 0.204 e. The fraction of sp³-hybridized carbons (Fsp3) is 0. The van der Waals surface area contributed by atoms with E-state index in [4.69, 9.17) is 0 Å². The highest BCUT2D eigenvalue weighted by molar-refractivity contribution is 6.13. The Morgan fingerprint density at radius 2 is 1.65 bits per heavy atom. The maximum absolute atomic E-state index is 12.3. The van der Waals surface area contributed by atoms with Crippen LogP contribution in [0, 0.1) is 0 Å². The van der Waals surface area contributed by atoms with Crippen LogP contribution in [-0.2, 0) is 0 Å². The second-order valence-electron chi connectivity index (χ2n) is 4.49. The van der Waals surface area contributed by atoms with E-state index in [1.54, 1.807) is 12.3 Å². The van der Waals surface area contributed by atoms with Crippen LogP contribution in [0.3, 0.4) is 0 Å². The van der Waals surface area contributed by atoms with Gasteiger partial charge in [0.1, 0.15) is 5.69 Å². The Bertz CT molecular complexity index is 770. The summed E-state index contributed by atoms with van der Waals surface area (Å²) < 4.78 is 0. The van der Waals surface area contributed by atoms with E-state index >= 15 is 0 Å². The SMILES string of the molecule is O=C(C=Cc1ccccc1)c1nccc2ccccc12. The zero-order valence-corrected chi connectivity index (χ0v) is 10.9. The molecule has 1 heterocycles. The van der Waals surface area contributed by atoms with Gasteiger partial charge in [0.05, 0.1) is 0 Å². The minimum absolute atomic E-state index is 0.0781. The van der Waals surface area contributed by atoms with Gasteiger partial charge in [0, 0.05) is 11.6 Å².